The summed E-state index contributed by atoms with van der Waals surface area (Å²) in [5, 5.41) is 0. The molecule has 0 aromatic heterocycles. The molecule has 43 heavy (non-hydrogen) atoms. The van der Waals surface area contributed by atoms with Crippen LogP contribution in [-0.2, 0) is 9.59 Å². The van der Waals surface area contributed by atoms with Gasteiger partial charge in [0.15, 0.2) is 11.5 Å². The number of hydrogen-bond donors (Lipinski definition) is 0. The second-order valence-electron chi connectivity index (χ2n) is 10.9. The summed E-state index contributed by atoms with van der Waals surface area (Å²) < 4.78 is 13.0. The summed E-state index contributed by atoms with van der Waals surface area (Å²) in [6.07, 6.45) is -0.626. The van der Waals surface area contributed by atoms with E-state index >= 15 is 4.79 Å². The fourth-order valence-corrected chi connectivity index (χ4v) is 6.56. The van der Waals surface area contributed by atoms with Crippen molar-refractivity contribution in [1.29, 1.82) is 0 Å². The SMILES string of the molecule is CN(C(=O)C1C(=O)N2c3ccccc3Oc3ccccc3C2N2c3ccccc3Oc3ccccc3C12)c1ccccc1. The highest BCUT2D eigenvalue weighted by atomic mass is 16.5. The topological polar surface area (TPSA) is 62.3 Å². The molecule has 3 atom stereocenters. The second-order valence-corrected chi connectivity index (χ2v) is 10.9. The van der Waals surface area contributed by atoms with Gasteiger partial charge in [0.2, 0.25) is 11.8 Å². The first-order valence-electron chi connectivity index (χ1n) is 14.3. The first-order chi connectivity index (χ1) is 21.1. The fourth-order valence-electron chi connectivity index (χ4n) is 6.56. The summed E-state index contributed by atoms with van der Waals surface area (Å²) in [5.41, 5.74) is 3.66. The van der Waals surface area contributed by atoms with E-state index < -0.39 is 18.1 Å². The van der Waals surface area contributed by atoms with Gasteiger partial charge >= 0.3 is 0 Å². The zero-order valence-electron chi connectivity index (χ0n) is 23.3. The molecule has 0 radical (unpaired) electrons. The van der Waals surface area contributed by atoms with Gasteiger partial charge < -0.3 is 19.3 Å². The van der Waals surface area contributed by atoms with Gasteiger partial charge in [-0.25, -0.2) is 0 Å². The smallest absolute Gasteiger partial charge is 0.244 e. The zero-order chi connectivity index (χ0) is 29.1. The van der Waals surface area contributed by atoms with Crippen LogP contribution < -0.4 is 24.2 Å². The number of ether oxygens (including phenoxy) is 2. The van der Waals surface area contributed by atoms with E-state index in [4.69, 9.17) is 9.47 Å². The van der Waals surface area contributed by atoms with Crippen LogP contribution in [-0.4, -0.2) is 18.9 Å². The van der Waals surface area contributed by atoms with Crippen LogP contribution in [0, 0.1) is 5.92 Å². The second kappa shape index (κ2) is 9.77. The average molecular weight is 566 g/mol. The molecule has 3 heterocycles. The summed E-state index contributed by atoms with van der Waals surface area (Å²) in [5.74, 6) is 0.738. The van der Waals surface area contributed by atoms with E-state index in [1.807, 2.05) is 127 Å². The lowest BCUT2D eigenvalue weighted by Crippen LogP contribution is -2.60. The van der Waals surface area contributed by atoms with Crippen molar-refractivity contribution in [3.63, 3.8) is 0 Å². The largest absolute Gasteiger partial charge is 0.455 e. The average Bonchev–Trinajstić information content (AvgIpc) is 3.29. The number of hydrogen-bond acceptors (Lipinski definition) is 5. The van der Waals surface area contributed by atoms with Gasteiger partial charge in [-0.15, -0.1) is 0 Å². The van der Waals surface area contributed by atoms with Crippen molar-refractivity contribution in [1.82, 2.24) is 0 Å². The Labute approximate surface area is 249 Å². The number of carbonyl (C=O) groups is 2. The Hall–Kier alpha value is -5.56. The van der Waals surface area contributed by atoms with Crippen LogP contribution in [0.5, 0.6) is 23.0 Å². The van der Waals surface area contributed by atoms with Crippen molar-refractivity contribution in [3.8, 4) is 23.0 Å². The van der Waals surface area contributed by atoms with E-state index in [9.17, 15) is 4.79 Å². The molecule has 8 rings (SSSR count). The molecular formula is C36H27N3O4. The van der Waals surface area contributed by atoms with E-state index in [0.29, 0.717) is 34.4 Å². The molecule has 0 saturated carbocycles. The van der Waals surface area contributed by atoms with Crippen LogP contribution in [0.2, 0.25) is 0 Å². The number of fused-ring (bicyclic) bond motifs is 11. The molecule has 1 saturated heterocycles. The van der Waals surface area contributed by atoms with Crippen molar-refractivity contribution in [2.45, 2.75) is 12.2 Å². The minimum absolute atomic E-state index is 0.305. The predicted octanol–water partition coefficient (Wildman–Crippen LogP) is 7.47. The van der Waals surface area contributed by atoms with Crippen LogP contribution in [0.1, 0.15) is 23.3 Å². The number of amides is 2. The Morgan fingerprint density at radius 3 is 1.84 bits per heavy atom. The maximum absolute atomic E-state index is 15.1. The van der Waals surface area contributed by atoms with Crippen molar-refractivity contribution < 1.29 is 19.1 Å². The number of rotatable bonds is 2. The molecule has 3 aliphatic heterocycles. The molecule has 7 heteroatoms. The molecule has 210 valence electrons. The number of nitrogens with zero attached hydrogens (tertiary/aromatic N) is 3. The Kier molecular flexibility index (Phi) is 5.72. The monoisotopic (exact) mass is 565 g/mol. The lowest BCUT2D eigenvalue weighted by atomic mass is 9.83. The summed E-state index contributed by atoms with van der Waals surface area (Å²) in [6, 6.07) is 39.5. The minimum atomic E-state index is -1.10. The molecule has 0 N–H and O–H groups in total. The Balaban J connectivity index is 1.44. The molecule has 0 bridgehead atoms. The molecule has 0 aliphatic carbocycles. The van der Waals surface area contributed by atoms with Crippen molar-refractivity contribution >= 4 is 28.9 Å². The lowest BCUT2D eigenvalue weighted by molar-refractivity contribution is -0.135. The van der Waals surface area contributed by atoms with E-state index in [1.165, 1.54) is 0 Å². The maximum atomic E-state index is 15.1. The van der Waals surface area contributed by atoms with Crippen LogP contribution in [0.15, 0.2) is 127 Å². The van der Waals surface area contributed by atoms with E-state index in [2.05, 4.69) is 4.90 Å². The van der Waals surface area contributed by atoms with Crippen LogP contribution in [0.3, 0.4) is 0 Å². The number of para-hydroxylation sites is 7. The summed E-state index contributed by atoms with van der Waals surface area (Å²) in [7, 11) is 1.73. The molecule has 7 nitrogen and oxygen atoms in total. The van der Waals surface area contributed by atoms with Gasteiger partial charge in [-0.05, 0) is 48.5 Å². The molecule has 2 amide bonds. The highest BCUT2D eigenvalue weighted by Gasteiger charge is 2.56. The minimum Gasteiger partial charge on any atom is -0.455 e. The molecule has 1 fully saturated rings. The van der Waals surface area contributed by atoms with E-state index in [-0.39, 0.29) is 11.8 Å². The van der Waals surface area contributed by atoms with Gasteiger partial charge in [-0.2, -0.15) is 0 Å². The number of carbonyl (C=O) groups excluding carboxylic acids is 2. The van der Waals surface area contributed by atoms with Gasteiger partial charge in [0, 0.05) is 23.9 Å². The van der Waals surface area contributed by atoms with E-state index in [1.54, 1.807) is 16.8 Å². The summed E-state index contributed by atoms with van der Waals surface area (Å²) in [4.78, 5) is 35.3. The Morgan fingerprint density at radius 1 is 0.628 bits per heavy atom. The summed E-state index contributed by atoms with van der Waals surface area (Å²) >= 11 is 0. The first kappa shape index (κ1) is 25.2. The predicted molar refractivity (Wildman–Crippen MR) is 165 cm³/mol. The quantitative estimate of drug-likeness (QED) is 0.208. The van der Waals surface area contributed by atoms with Crippen molar-refractivity contribution in [2.75, 3.05) is 21.7 Å². The molecule has 0 spiro atoms. The third-order valence-corrected chi connectivity index (χ3v) is 8.51. The van der Waals surface area contributed by atoms with Crippen molar-refractivity contribution in [3.05, 3.63) is 139 Å². The molecule has 3 unspecified atom stereocenters. The number of benzene rings is 5. The third kappa shape index (κ3) is 3.82. The van der Waals surface area contributed by atoms with Gasteiger partial charge in [-0.1, -0.05) is 78.9 Å². The van der Waals surface area contributed by atoms with E-state index in [0.717, 1.165) is 16.8 Å². The normalized spacial score (nSPS) is 19.5. The molecule has 5 aromatic carbocycles. The third-order valence-electron chi connectivity index (χ3n) is 8.51. The van der Waals surface area contributed by atoms with Crippen LogP contribution in [0.4, 0.5) is 17.1 Å². The number of anilines is 3. The maximum Gasteiger partial charge on any atom is 0.244 e. The Morgan fingerprint density at radius 2 is 1.14 bits per heavy atom. The van der Waals surface area contributed by atoms with Crippen molar-refractivity contribution in [2.24, 2.45) is 5.92 Å². The lowest BCUT2D eigenvalue weighted by Gasteiger charge is -2.51. The first-order valence-corrected chi connectivity index (χ1v) is 14.3. The van der Waals surface area contributed by atoms with Gasteiger partial charge in [-0.3, -0.25) is 14.5 Å². The van der Waals surface area contributed by atoms with Gasteiger partial charge in [0.1, 0.15) is 23.6 Å². The highest BCUT2D eigenvalue weighted by Crippen LogP contribution is 2.57. The van der Waals surface area contributed by atoms with Gasteiger partial charge in [0.05, 0.1) is 17.4 Å². The van der Waals surface area contributed by atoms with Crippen LogP contribution >= 0.6 is 0 Å². The molecule has 3 aliphatic rings. The summed E-state index contributed by atoms with van der Waals surface area (Å²) in [6.45, 7) is 0. The Bertz CT molecular complexity index is 1890. The van der Waals surface area contributed by atoms with Gasteiger partial charge in [0.25, 0.3) is 0 Å². The molecule has 5 aromatic rings. The standard InChI is InChI=1S/C36H27N3O4/c1-37(23-13-3-2-4-14-23)35(40)32-33-24-15-5-9-19-28(24)42-30-21-11-7-17-26(30)38(33)34-25-16-6-10-20-29(25)43-31-22-12-8-18-27(31)39(34)36(32)41/h2-22,32-34H,1H3. The fraction of sp³-hybridized carbons (Fsp3) is 0.111. The highest BCUT2D eigenvalue weighted by molar-refractivity contribution is 6.15. The van der Waals surface area contributed by atoms with Crippen LogP contribution in [0.25, 0.3) is 0 Å². The zero-order valence-corrected chi connectivity index (χ0v) is 23.3. The molecular weight excluding hydrogens is 538 g/mol.